The summed E-state index contributed by atoms with van der Waals surface area (Å²) in [5, 5.41) is 9.27. The Morgan fingerprint density at radius 3 is 1.19 bits per heavy atom. The third-order valence-electron chi connectivity index (χ3n) is 9.01. The molecule has 4 rings (SSSR count). The maximum atomic E-state index is 13.2. The number of amides is 3. The lowest BCUT2D eigenvalue weighted by molar-refractivity contribution is -0.121. The van der Waals surface area contributed by atoms with E-state index in [2.05, 4.69) is 36.7 Å². The van der Waals surface area contributed by atoms with E-state index in [9.17, 15) is 14.4 Å². The first kappa shape index (κ1) is 27.7. The summed E-state index contributed by atoms with van der Waals surface area (Å²) >= 11 is 0. The zero-order chi connectivity index (χ0) is 26.4. The molecule has 1 aromatic carbocycles. The first-order chi connectivity index (χ1) is 17.7. The molecular weight excluding hydrogens is 462 g/mol. The highest BCUT2D eigenvalue weighted by Crippen LogP contribution is 2.40. The van der Waals surface area contributed by atoms with Crippen LogP contribution in [0.2, 0.25) is 0 Å². The van der Waals surface area contributed by atoms with Crippen LogP contribution in [0.25, 0.3) is 0 Å². The van der Waals surface area contributed by atoms with Crippen LogP contribution in [-0.4, -0.2) is 17.7 Å². The SMILES string of the molecule is CC(C)(C)[C@H]1CC[C@@H](C(=O)Nc2cc(NC(=O)C3CCCCC3)cc(NC(=O)C3CCCCC3)c2)CC1. The minimum atomic E-state index is -0.000587. The Bertz CT molecular complexity index is 897. The van der Waals surface area contributed by atoms with Crippen LogP contribution >= 0.6 is 0 Å². The summed E-state index contributed by atoms with van der Waals surface area (Å²) in [4.78, 5) is 39.1. The minimum absolute atomic E-state index is 0.000587. The zero-order valence-electron chi connectivity index (χ0n) is 23.2. The van der Waals surface area contributed by atoms with Crippen LogP contribution in [-0.2, 0) is 14.4 Å². The Morgan fingerprint density at radius 2 is 0.865 bits per heavy atom. The van der Waals surface area contributed by atoms with Crippen LogP contribution in [0.15, 0.2) is 18.2 Å². The second kappa shape index (κ2) is 12.4. The van der Waals surface area contributed by atoms with Crippen LogP contribution in [0.1, 0.15) is 111 Å². The molecule has 3 saturated carbocycles. The number of hydrogen-bond acceptors (Lipinski definition) is 3. The van der Waals surface area contributed by atoms with Gasteiger partial charge >= 0.3 is 0 Å². The van der Waals surface area contributed by atoms with Gasteiger partial charge in [0, 0.05) is 34.8 Å². The maximum absolute atomic E-state index is 13.2. The first-order valence-electron chi connectivity index (χ1n) is 14.8. The lowest BCUT2D eigenvalue weighted by Gasteiger charge is -2.36. The maximum Gasteiger partial charge on any atom is 0.227 e. The van der Waals surface area contributed by atoms with Crippen molar-refractivity contribution in [3.8, 4) is 0 Å². The molecule has 1 aromatic rings. The Kier molecular flexibility index (Phi) is 9.31. The molecule has 3 N–H and O–H groups in total. The van der Waals surface area contributed by atoms with E-state index >= 15 is 0 Å². The summed E-state index contributed by atoms with van der Waals surface area (Å²) in [6.45, 7) is 6.86. The average Bonchev–Trinajstić information content (AvgIpc) is 2.89. The second-order valence-corrected chi connectivity index (χ2v) is 12.9. The fourth-order valence-corrected chi connectivity index (χ4v) is 6.53. The number of hydrogen-bond donors (Lipinski definition) is 3. The van der Waals surface area contributed by atoms with Gasteiger partial charge in [-0.3, -0.25) is 14.4 Å². The van der Waals surface area contributed by atoms with Gasteiger partial charge in [0.1, 0.15) is 0 Å². The molecule has 0 heterocycles. The van der Waals surface area contributed by atoms with E-state index in [1.54, 1.807) is 0 Å². The molecule has 0 aromatic heterocycles. The van der Waals surface area contributed by atoms with E-state index in [4.69, 9.17) is 0 Å². The molecule has 0 unspecified atom stereocenters. The van der Waals surface area contributed by atoms with Crippen molar-refractivity contribution < 1.29 is 14.4 Å². The van der Waals surface area contributed by atoms with E-state index in [0.717, 1.165) is 77.0 Å². The molecule has 6 nitrogen and oxygen atoms in total. The lowest BCUT2D eigenvalue weighted by atomic mass is 9.69. The number of benzene rings is 1. The Hall–Kier alpha value is -2.37. The standard InChI is InChI=1S/C31H47N3O3/c1-31(2,3)24-16-14-23(15-17-24)30(37)34-27-19-25(32-28(35)21-10-6-4-7-11-21)18-26(20-27)33-29(36)22-12-8-5-9-13-22/h18-24H,4-17H2,1-3H3,(H,32,35)(H,33,36)(H,34,37)/t23-,24+. The molecule has 0 atom stereocenters. The van der Waals surface area contributed by atoms with E-state index in [-0.39, 0.29) is 40.9 Å². The number of nitrogens with one attached hydrogen (secondary N) is 3. The third-order valence-corrected chi connectivity index (χ3v) is 9.01. The molecule has 3 amide bonds. The van der Waals surface area contributed by atoms with E-state index in [1.165, 1.54) is 12.8 Å². The Balaban J connectivity index is 1.46. The summed E-state index contributed by atoms with van der Waals surface area (Å²) in [5.74, 6) is 0.820. The van der Waals surface area contributed by atoms with Gasteiger partial charge in [0.05, 0.1) is 0 Å². The first-order valence-corrected chi connectivity index (χ1v) is 14.8. The Labute approximate surface area is 223 Å². The average molecular weight is 510 g/mol. The molecule has 37 heavy (non-hydrogen) atoms. The highest BCUT2D eigenvalue weighted by Gasteiger charge is 2.32. The van der Waals surface area contributed by atoms with Gasteiger partial charge in [0.2, 0.25) is 17.7 Å². The molecule has 3 aliphatic rings. The van der Waals surface area contributed by atoms with Gasteiger partial charge in [-0.05, 0) is 80.9 Å². The minimum Gasteiger partial charge on any atom is -0.326 e. The van der Waals surface area contributed by atoms with Crippen LogP contribution in [0, 0.1) is 29.1 Å². The Morgan fingerprint density at radius 1 is 0.541 bits per heavy atom. The van der Waals surface area contributed by atoms with Gasteiger partial charge < -0.3 is 16.0 Å². The third kappa shape index (κ3) is 7.81. The highest BCUT2D eigenvalue weighted by atomic mass is 16.2. The highest BCUT2D eigenvalue weighted by molar-refractivity contribution is 5.99. The van der Waals surface area contributed by atoms with E-state index in [1.807, 2.05) is 18.2 Å². The van der Waals surface area contributed by atoms with Crippen molar-refractivity contribution in [2.75, 3.05) is 16.0 Å². The topological polar surface area (TPSA) is 87.3 Å². The lowest BCUT2D eigenvalue weighted by Crippen LogP contribution is -2.31. The number of carbonyl (C=O) groups excluding carboxylic acids is 3. The molecule has 204 valence electrons. The zero-order valence-corrected chi connectivity index (χ0v) is 23.2. The van der Waals surface area contributed by atoms with Crippen LogP contribution in [0.5, 0.6) is 0 Å². The predicted octanol–water partition coefficient (Wildman–Crippen LogP) is 7.52. The van der Waals surface area contributed by atoms with Gasteiger partial charge in [-0.2, -0.15) is 0 Å². The van der Waals surface area contributed by atoms with Crippen molar-refractivity contribution in [1.29, 1.82) is 0 Å². The summed E-state index contributed by atoms with van der Waals surface area (Å²) < 4.78 is 0. The predicted molar refractivity (Wildman–Crippen MR) is 150 cm³/mol. The summed E-state index contributed by atoms with van der Waals surface area (Å²) in [5.41, 5.74) is 2.16. The van der Waals surface area contributed by atoms with Gasteiger partial charge in [-0.15, -0.1) is 0 Å². The molecule has 3 aliphatic carbocycles. The van der Waals surface area contributed by atoms with Gasteiger partial charge in [0.15, 0.2) is 0 Å². The van der Waals surface area contributed by atoms with Crippen molar-refractivity contribution in [2.24, 2.45) is 29.1 Å². The smallest absolute Gasteiger partial charge is 0.227 e. The largest absolute Gasteiger partial charge is 0.326 e. The van der Waals surface area contributed by atoms with Crippen molar-refractivity contribution in [3.63, 3.8) is 0 Å². The molecule has 0 saturated heterocycles. The monoisotopic (exact) mass is 509 g/mol. The fourth-order valence-electron chi connectivity index (χ4n) is 6.53. The van der Waals surface area contributed by atoms with Gasteiger partial charge in [-0.1, -0.05) is 59.3 Å². The number of rotatable bonds is 6. The van der Waals surface area contributed by atoms with Crippen molar-refractivity contribution in [1.82, 2.24) is 0 Å². The summed E-state index contributed by atoms with van der Waals surface area (Å²) in [7, 11) is 0. The molecule has 0 aliphatic heterocycles. The molecule has 6 heteroatoms. The molecule has 0 radical (unpaired) electrons. The number of carbonyl (C=O) groups is 3. The van der Waals surface area contributed by atoms with Crippen molar-refractivity contribution in [2.45, 2.75) is 111 Å². The normalized spacial score (nSPS) is 23.8. The molecule has 3 fully saturated rings. The second-order valence-electron chi connectivity index (χ2n) is 12.9. The summed E-state index contributed by atoms with van der Waals surface area (Å²) in [6.07, 6.45) is 14.4. The quantitative estimate of drug-likeness (QED) is 0.371. The van der Waals surface area contributed by atoms with E-state index < -0.39 is 0 Å². The van der Waals surface area contributed by atoms with Crippen LogP contribution in [0.4, 0.5) is 17.1 Å². The van der Waals surface area contributed by atoms with Gasteiger partial charge in [0.25, 0.3) is 0 Å². The fraction of sp³-hybridized carbons (Fsp3) is 0.710. The van der Waals surface area contributed by atoms with Gasteiger partial charge in [-0.25, -0.2) is 0 Å². The molecular formula is C31H47N3O3. The molecule has 0 bridgehead atoms. The van der Waals surface area contributed by atoms with Crippen molar-refractivity contribution in [3.05, 3.63) is 18.2 Å². The van der Waals surface area contributed by atoms with Crippen LogP contribution in [0.3, 0.4) is 0 Å². The van der Waals surface area contributed by atoms with Crippen molar-refractivity contribution >= 4 is 34.8 Å². The van der Waals surface area contributed by atoms with E-state index in [0.29, 0.717) is 23.0 Å². The van der Waals surface area contributed by atoms with Crippen LogP contribution < -0.4 is 16.0 Å². The number of anilines is 3. The molecule has 0 spiro atoms. The summed E-state index contributed by atoms with van der Waals surface area (Å²) in [6, 6.07) is 5.48.